The molecule has 0 aliphatic heterocycles. The maximum absolute atomic E-state index is 11.0. The van der Waals surface area contributed by atoms with E-state index in [9.17, 15) is 9.59 Å². The van der Waals surface area contributed by atoms with E-state index in [4.69, 9.17) is 48.6 Å². The molecule has 0 aliphatic carbocycles. The summed E-state index contributed by atoms with van der Waals surface area (Å²) in [7, 11) is 3.12. The summed E-state index contributed by atoms with van der Waals surface area (Å²) in [5, 5.41) is 24.6. The lowest BCUT2D eigenvalue weighted by Crippen LogP contribution is -2.17. The summed E-state index contributed by atoms with van der Waals surface area (Å²) in [5.41, 5.74) is 9.41. The Labute approximate surface area is 398 Å². The minimum Gasteiger partial charge on any atom is -0.481 e. The van der Waals surface area contributed by atoms with Gasteiger partial charge in [0, 0.05) is 78.8 Å². The molecule has 67 heavy (non-hydrogen) atoms. The summed E-state index contributed by atoms with van der Waals surface area (Å²) in [5.74, 6) is 0.861. The van der Waals surface area contributed by atoms with Crippen LogP contribution in [0.5, 0.6) is 35.3 Å². The normalized spacial score (nSPS) is 10.9. The van der Waals surface area contributed by atoms with Crippen molar-refractivity contribution < 1.29 is 48.2 Å². The van der Waals surface area contributed by atoms with E-state index in [2.05, 4.69) is 62.5 Å². The van der Waals surface area contributed by atoms with Gasteiger partial charge in [0.25, 0.3) is 0 Å². The number of hydrogen-bond donors (Lipinski definition) is 4. The first kappa shape index (κ1) is 49.6. The number of pyridine rings is 4. The Kier molecular flexibility index (Phi) is 18.7. The zero-order valence-corrected chi connectivity index (χ0v) is 39.6. The Morgan fingerprint density at radius 3 is 1.57 bits per heavy atom. The van der Waals surface area contributed by atoms with Gasteiger partial charge >= 0.3 is 11.9 Å². The first-order valence-electron chi connectivity index (χ1n) is 21.7. The summed E-state index contributed by atoms with van der Waals surface area (Å²) in [6.45, 7) is 6.96. The second kappa shape index (κ2) is 25.2. The fraction of sp³-hybridized carbons (Fsp3) is 0.320. The van der Waals surface area contributed by atoms with Crippen molar-refractivity contribution in [2.24, 2.45) is 0 Å². The van der Waals surface area contributed by atoms with Gasteiger partial charge in [-0.3, -0.25) is 9.59 Å². The highest BCUT2D eigenvalue weighted by atomic mass is 79.9. The third kappa shape index (κ3) is 14.8. The standard InChI is InChI=1S/C50H55BrN6O10/c1-32-37(30-64-45-20-17-36(26-52-21-7-13-46(58)59)48(56-45)65-28-34-15-18-43(62-3)54-24-34)9-5-11-40(32)41-12-6-10-38(33(41)2)31-67-50-42(51)23-39(27-53-22-8-14-47(60)61)49(57-50)66-29-35-16-19-44(63-4)55-25-35/h5-6,9-12,15-20,23-25,52-53H,7-8,13-14,21-22,26-31H2,1-4H3,(H,58,59)(H,60,61). The van der Waals surface area contributed by atoms with E-state index in [1.54, 1.807) is 44.8 Å². The molecule has 352 valence electrons. The highest BCUT2D eigenvalue weighted by Crippen LogP contribution is 2.34. The van der Waals surface area contributed by atoms with E-state index in [0.717, 1.165) is 55.6 Å². The summed E-state index contributed by atoms with van der Waals surface area (Å²) in [6.07, 6.45) is 4.52. The molecular weight excluding hydrogens is 924 g/mol. The number of nitrogens with zero attached hydrogens (tertiary/aromatic N) is 4. The maximum Gasteiger partial charge on any atom is 0.303 e. The van der Waals surface area contributed by atoms with E-state index in [-0.39, 0.29) is 39.3 Å². The molecule has 0 fully saturated rings. The summed E-state index contributed by atoms with van der Waals surface area (Å²) < 4.78 is 36.1. The van der Waals surface area contributed by atoms with Gasteiger partial charge in [-0.1, -0.05) is 36.4 Å². The van der Waals surface area contributed by atoms with Crippen LogP contribution in [0.3, 0.4) is 0 Å². The SMILES string of the molecule is COc1ccc(COc2nc(OCc3cccc(-c4cccc(COc5nc(OCc6ccc(OC)nc6)c(CNCCCC(=O)O)cc5Br)c4C)c3C)ccc2CNCCCC(=O)O)cn1. The van der Waals surface area contributed by atoms with Gasteiger partial charge in [0.05, 0.1) is 18.7 Å². The fourth-order valence-corrected chi connectivity index (χ4v) is 7.39. The minimum atomic E-state index is -0.837. The van der Waals surface area contributed by atoms with Crippen LogP contribution < -0.4 is 39.1 Å². The van der Waals surface area contributed by atoms with Crippen LogP contribution >= 0.6 is 15.9 Å². The molecule has 0 unspecified atom stereocenters. The van der Waals surface area contributed by atoms with Crippen molar-refractivity contribution >= 4 is 27.9 Å². The van der Waals surface area contributed by atoms with E-state index in [1.807, 2.05) is 48.5 Å². The summed E-state index contributed by atoms with van der Waals surface area (Å²) in [6, 6.07) is 25.2. The lowest BCUT2D eigenvalue weighted by atomic mass is 9.92. The number of hydrogen-bond acceptors (Lipinski definition) is 14. The van der Waals surface area contributed by atoms with Crippen LogP contribution in [-0.4, -0.2) is 69.4 Å². The molecule has 6 aromatic rings. The van der Waals surface area contributed by atoms with E-state index < -0.39 is 11.9 Å². The molecule has 4 aromatic heterocycles. The maximum atomic E-state index is 11.0. The van der Waals surface area contributed by atoms with Crippen LogP contribution in [0.25, 0.3) is 11.1 Å². The van der Waals surface area contributed by atoms with Crippen molar-refractivity contribution in [3.05, 3.63) is 140 Å². The molecule has 16 nitrogen and oxygen atoms in total. The molecule has 17 heteroatoms. The van der Waals surface area contributed by atoms with Gasteiger partial charge in [-0.15, -0.1) is 0 Å². The Balaban J connectivity index is 1.14. The van der Waals surface area contributed by atoms with Crippen molar-refractivity contribution in [2.75, 3.05) is 27.3 Å². The Bertz CT molecular complexity index is 2580. The molecule has 0 amide bonds. The van der Waals surface area contributed by atoms with E-state index >= 15 is 0 Å². The molecule has 0 saturated heterocycles. The molecule has 0 spiro atoms. The molecule has 2 aromatic carbocycles. The molecule has 0 saturated carbocycles. The number of carboxylic acids is 2. The number of methoxy groups -OCH3 is 2. The molecule has 6 rings (SSSR count). The highest BCUT2D eigenvalue weighted by molar-refractivity contribution is 9.10. The number of aliphatic carboxylic acids is 2. The first-order chi connectivity index (χ1) is 32.5. The van der Waals surface area contributed by atoms with Gasteiger partial charge in [0.15, 0.2) is 0 Å². The van der Waals surface area contributed by atoms with Crippen molar-refractivity contribution in [2.45, 2.75) is 79.0 Å². The van der Waals surface area contributed by atoms with Gasteiger partial charge in [-0.2, -0.15) is 9.97 Å². The average molecular weight is 980 g/mol. The number of rotatable bonds is 27. The third-order valence-electron chi connectivity index (χ3n) is 10.7. The topological polar surface area (TPSA) is 206 Å². The van der Waals surface area contributed by atoms with E-state index in [0.29, 0.717) is 78.8 Å². The minimum absolute atomic E-state index is 0.0758. The molecule has 4 N–H and O–H groups in total. The predicted octanol–water partition coefficient (Wildman–Crippen LogP) is 8.55. The number of carboxylic acid groups (broad SMARTS) is 2. The molecule has 4 heterocycles. The summed E-state index contributed by atoms with van der Waals surface area (Å²) >= 11 is 3.65. The zero-order valence-electron chi connectivity index (χ0n) is 38.0. The van der Waals surface area contributed by atoms with Gasteiger partial charge < -0.3 is 49.3 Å². The van der Waals surface area contributed by atoms with Gasteiger partial charge in [-0.25, -0.2) is 9.97 Å². The Hall–Kier alpha value is -6.82. The van der Waals surface area contributed by atoms with Crippen molar-refractivity contribution in [1.29, 1.82) is 0 Å². The Morgan fingerprint density at radius 1 is 0.567 bits per heavy atom. The number of carbonyl (C=O) groups is 2. The quantitative estimate of drug-likeness (QED) is 0.0357. The van der Waals surface area contributed by atoms with Gasteiger partial charge in [0.2, 0.25) is 35.3 Å². The van der Waals surface area contributed by atoms with Gasteiger partial charge in [0.1, 0.15) is 26.4 Å². The zero-order chi connectivity index (χ0) is 47.5. The predicted molar refractivity (Wildman–Crippen MR) is 254 cm³/mol. The molecule has 0 radical (unpaired) electrons. The number of nitrogens with one attached hydrogen (secondary N) is 2. The molecule has 0 bridgehead atoms. The molecule has 0 aliphatic rings. The smallest absolute Gasteiger partial charge is 0.303 e. The van der Waals surface area contributed by atoms with Crippen molar-refractivity contribution in [3.8, 4) is 46.4 Å². The Morgan fingerprint density at radius 2 is 1.06 bits per heavy atom. The van der Waals surface area contributed by atoms with Crippen LogP contribution in [0, 0.1) is 13.8 Å². The largest absolute Gasteiger partial charge is 0.481 e. The number of benzene rings is 2. The van der Waals surface area contributed by atoms with E-state index in [1.165, 1.54) is 0 Å². The van der Waals surface area contributed by atoms with Crippen LogP contribution in [0.4, 0.5) is 0 Å². The number of aromatic nitrogens is 4. The second-order valence-corrected chi connectivity index (χ2v) is 16.3. The van der Waals surface area contributed by atoms with Crippen molar-refractivity contribution in [3.63, 3.8) is 0 Å². The molecule has 0 atom stereocenters. The average Bonchev–Trinajstić information content (AvgIpc) is 3.33. The fourth-order valence-electron chi connectivity index (χ4n) is 6.91. The number of ether oxygens (including phenoxy) is 6. The monoisotopic (exact) mass is 978 g/mol. The van der Waals surface area contributed by atoms with Crippen LogP contribution in [-0.2, 0) is 49.1 Å². The van der Waals surface area contributed by atoms with Crippen molar-refractivity contribution in [1.82, 2.24) is 30.6 Å². The third-order valence-corrected chi connectivity index (χ3v) is 11.3. The van der Waals surface area contributed by atoms with Gasteiger partial charge in [-0.05, 0) is 113 Å². The lowest BCUT2D eigenvalue weighted by Gasteiger charge is -2.18. The first-order valence-corrected chi connectivity index (χ1v) is 22.5. The second-order valence-electron chi connectivity index (χ2n) is 15.5. The highest BCUT2D eigenvalue weighted by Gasteiger charge is 2.17. The molecular formula is C50H55BrN6O10. The summed E-state index contributed by atoms with van der Waals surface area (Å²) in [4.78, 5) is 40.0. The number of halogens is 1. The lowest BCUT2D eigenvalue weighted by molar-refractivity contribution is -0.138. The van der Waals surface area contributed by atoms with Crippen LogP contribution in [0.2, 0.25) is 0 Å². The van der Waals surface area contributed by atoms with Crippen LogP contribution in [0.15, 0.2) is 95.7 Å². The van der Waals surface area contributed by atoms with Crippen LogP contribution in [0.1, 0.15) is 70.2 Å².